The van der Waals surface area contributed by atoms with Crippen molar-refractivity contribution < 1.29 is 24.6 Å². The topological polar surface area (TPSA) is 143 Å². The fourth-order valence-corrected chi connectivity index (χ4v) is 7.45. The first kappa shape index (κ1) is 39.3. The minimum atomic E-state index is -1.26. The number of carboxylic acid groups (broad SMARTS) is 2. The number of carboxylic acids is 2. The van der Waals surface area contributed by atoms with Gasteiger partial charge in [-0.2, -0.15) is 5.01 Å². The molecule has 262 valence electrons. The van der Waals surface area contributed by atoms with E-state index in [9.17, 15) is 19.3 Å². The molecule has 2 amide bonds. The molecule has 3 N–H and O–H groups in total. The number of fused-ring (bicyclic) bond motifs is 2. The molecule has 2 aliphatic heterocycles. The predicted molar refractivity (Wildman–Crippen MR) is 192 cm³/mol. The van der Waals surface area contributed by atoms with Crippen LogP contribution in [0.2, 0.25) is 0 Å². The van der Waals surface area contributed by atoms with Crippen LogP contribution in [0.5, 0.6) is 0 Å². The van der Waals surface area contributed by atoms with Crippen LogP contribution in [0, 0.1) is 10.8 Å². The van der Waals surface area contributed by atoms with Gasteiger partial charge in [0.2, 0.25) is 0 Å². The molecule has 0 spiro atoms. The van der Waals surface area contributed by atoms with Crippen LogP contribution in [0.4, 0.5) is 4.79 Å². The summed E-state index contributed by atoms with van der Waals surface area (Å²) >= 11 is 9.25. The second-order valence-corrected chi connectivity index (χ2v) is 14.3. The number of rotatable bonds is 8. The molecule has 3 aliphatic rings. The van der Waals surface area contributed by atoms with Crippen LogP contribution in [-0.4, -0.2) is 101 Å². The van der Waals surface area contributed by atoms with E-state index in [4.69, 9.17) is 21.8 Å². The van der Waals surface area contributed by atoms with Gasteiger partial charge in [0.25, 0.3) is 0 Å². The average molecular weight is 720 g/mol. The van der Waals surface area contributed by atoms with Gasteiger partial charge in [0, 0.05) is 71.0 Å². The minimum Gasteiger partial charge on any atom is -0.478 e. The molecule has 1 atom stereocenters. The first-order chi connectivity index (χ1) is 23.0. The lowest BCUT2D eigenvalue weighted by Gasteiger charge is -2.38. The minimum absolute atomic E-state index is 0.153. The fourth-order valence-electron chi connectivity index (χ4n) is 5.73. The number of nitroso groups, excluding NO2 is 1. The summed E-state index contributed by atoms with van der Waals surface area (Å²) in [5.41, 5.74) is 3.01. The van der Waals surface area contributed by atoms with Gasteiger partial charge in [-0.15, -0.1) is 28.3 Å². The number of thioether (sulfide) groups is 1. The number of hydrogen-bond donors (Lipinski definition) is 3. The van der Waals surface area contributed by atoms with Crippen LogP contribution in [0.3, 0.4) is 0 Å². The third-order valence-corrected chi connectivity index (χ3v) is 10.6. The van der Waals surface area contributed by atoms with E-state index >= 15 is 0 Å². The zero-order chi connectivity index (χ0) is 35.1. The molecule has 1 saturated carbocycles. The Morgan fingerprint density at radius 2 is 1.67 bits per heavy atom. The van der Waals surface area contributed by atoms with E-state index in [-0.39, 0.29) is 18.5 Å². The largest absolute Gasteiger partial charge is 0.478 e. The quantitative estimate of drug-likeness (QED) is 0.0897. The molecule has 2 aromatic rings. The standard InChI is InChI=1S/C20H24N2S2.C10H18ClN3O2.C4H4O4/c1-21-9-11-22(12-10-21)18-13-15-5-3-4-6-19(15)24-20-8-7-16(23-2)14-17(18)20;1-8-2-4-9(5-3-8)12-10(15)14(13-16)7-6-11;5-3(6)1-2-4(7)8/h3-8,14,18H,9-13H2,1-2H3;8-9H,2-7H2,1H3,(H,12,15);1-2H,(H,5,6)(H,7,8). The number of piperazine rings is 1. The first-order valence-electron chi connectivity index (χ1n) is 16.0. The van der Waals surface area contributed by atoms with Gasteiger partial charge in [0.15, 0.2) is 0 Å². The molecule has 14 heteroatoms. The lowest BCUT2D eigenvalue weighted by molar-refractivity contribution is -0.134. The summed E-state index contributed by atoms with van der Waals surface area (Å²) in [6.45, 7) is 7.03. The highest BCUT2D eigenvalue weighted by molar-refractivity contribution is 7.99. The Morgan fingerprint density at radius 1 is 1.02 bits per heavy atom. The maximum atomic E-state index is 11.6. The molecule has 0 radical (unpaired) electrons. The Hall–Kier alpha value is -3.10. The molecule has 0 aromatic heterocycles. The molecular weight excluding hydrogens is 674 g/mol. The number of halogens is 1. The third-order valence-electron chi connectivity index (χ3n) is 8.50. The van der Waals surface area contributed by atoms with Crippen LogP contribution in [0.15, 0.2) is 74.6 Å². The van der Waals surface area contributed by atoms with Gasteiger partial charge in [-0.3, -0.25) is 4.90 Å². The molecule has 1 unspecified atom stereocenters. The number of likely N-dealkylation sites (N-methyl/N-ethyl adjacent to an activating group) is 1. The van der Waals surface area contributed by atoms with E-state index in [0.29, 0.717) is 18.2 Å². The normalized spacial score (nSPS) is 20.8. The molecule has 2 aromatic carbocycles. The average Bonchev–Trinajstić information content (AvgIpc) is 3.24. The number of nitrogens with one attached hydrogen (secondary N) is 1. The number of amides is 2. The lowest BCUT2D eigenvalue weighted by Crippen LogP contribution is -2.46. The van der Waals surface area contributed by atoms with Crippen LogP contribution >= 0.6 is 35.1 Å². The Labute approximate surface area is 296 Å². The van der Waals surface area contributed by atoms with Crippen molar-refractivity contribution in [3.8, 4) is 0 Å². The molecule has 2 heterocycles. The van der Waals surface area contributed by atoms with E-state index in [0.717, 1.165) is 56.1 Å². The van der Waals surface area contributed by atoms with Crippen molar-refractivity contribution in [2.45, 2.75) is 65.8 Å². The van der Waals surface area contributed by atoms with Gasteiger partial charge in [-0.05, 0) is 86.7 Å². The fraction of sp³-hybridized carbons (Fsp3) is 0.500. The second kappa shape index (κ2) is 20.4. The van der Waals surface area contributed by atoms with Crippen LogP contribution in [0.25, 0.3) is 0 Å². The van der Waals surface area contributed by atoms with Crippen molar-refractivity contribution in [3.63, 3.8) is 0 Å². The number of nitrogens with zero attached hydrogens (tertiary/aromatic N) is 4. The van der Waals surface area contributed by atoms with Gasteiger partial charge >= 0.3 is 18.0 Å². The SMILES string of the molecule is CC1CCC(NC(=O)N(CCCl)N=O)CC1.CSc1ccc2c(c1)C(N1CCN(C)CC1)Cc1ccccc1S2.O=C(O)C=CC(=O)O. The Morgan fingerprint density at radius 3 is 2.25 bits per heavy atom. The summed E-state index contributed by atoms with van der Waals surface area (Å²) in [4.78, 5) is 50.4. The molecule has 5 rings (SSSR count). The summed E-state index contributed by atoms with van der Waals surface area (Å²) < 4.78 is 0. The van der Waals surface area contributed by atoms with E-state index < -0.39 is 18.0 Å². The van der Waals surface area contributed by atoms with E-state index in [1.165, 1.54) is 38.9 Å². The number of benzene rings is 2. The Kier molecular flexibility index (Phi) is 16.7. The number of hydrogen-bond acceptors (Lipinski definition) is 9. The molecular formula is C34H46ClN5O6S2. The molecule has 0 bridgehead atoms. The maximum Gasteiger partial charge on any atom is 0.340 e. The third kappa shape index (κ3) is 12.7. The predicted octanol–water partition coefficient (Wildman–Crippen LogP) is 6.61. The molecule has 2 fully saturated rings. The van der Waals surface area contributed by atoms with Gasteiger partial charge in [0.1, 0.15) is 0 Å². The van der Waals surface area contributed by atoms with Crippen LogP contribution in [0.1, 0.15) is 49.8 Å². The summed E-state index contributed by atoms with van der Waals surface area (Å²) in [7, 11) is 2.23. The molecule has 1 aliphatic carbocycles. The molecule has 1 saturated heterocycles. The Bertz CT molecular complexity index is 1380. The van der Waals surface area contributed by atoms with Crippen molar-refractivity contribution in [2.24, 2.45) is 11.2 Å². The van der Waals surface area contributed by atoms with E-state index in [1.54, 1.807) is 0 Å². The number of carbonyl (C=O) groups excluding carboxylic acids is 1. The van der Waals surface area contributed by atoms with Gasteiger partial charge in [0.05, 0.1) is 11.8 Å². The zero-order valence-corrected chi connectivity index (χ0v) is 30.1. The highest BCUT2D eigenvalue weighted by Gasteiger charge is 2.29. The number of urea groups is 1. The number of aliphatic carboxylic acids is 2. The van der Waals surface area contributed by atoms with Gasteiger partial charge in [-0.25, -0.2) is 14.4 Å². The monoisotopic (exact) mass is 719 g/mol. The first-order valence-corrected chi connectivity index (χ1v) is 18.6. The second-order valence-electron chi connectivity index (χ2n) is 12.0. The van der Waals surface area contributed by atoms with Crippen LogP contribution < -0.4 is 5.32 Å². The van der Waals surface area contributed by atoms with Gasteiger partial charge < -0.3 is 20.4 Å². The summed E-state index contributed by atoms with van der Waals surface area (Å²) in [5, 5.41) is 21.9. The van der Waals surface area contributed by atoms with Crippen molar-refractivity contribution in [3.05, 3.63) is 70.7 Å². The summed E-state index contributed by atoms with van der Waals surface area (Å²) in [5.74, 6) is -1.57. The van der Waals surface area contributed by atoms with E-state index in [2.05, 4.69) is 83.1 Å². The van der Waals surface area contributed by atoms with Crippen molar-refractivity contribution in [1.82, 2.24) is 20.1 Å². The molecule has 11 nitrogen and oxygen atoms in total. The van der Waals surface area contributed by atoms with Gasteiger partial charge in [-0.1, -0.05) is 36.9 Å². The number of alkyl halides is 1. The van der Waals surface area contributed by atoms with Crippen molar-refractivity contribution in [2.75, 3.05) is 51.9 Å². The highest BCUT2D eigenvalue weighted by atomic mass is 35.5. The number of carbonyl (C=O) groups is 3. The zero-order valence-electron chi connectivity index (χ0n) is 27.7. The molecule has 48 heavy (non-hydrogen) atoms. The highest BCUT2D eigenvalue weighted by Crippen LogP contribution is 2.44. The van der Waals surface area contributed by atoms with Crippen molar-refractivity contribution >= 4 is 53.1 Å². The lowest BCUT2D eigenvalue weighted by atomic mass is 9.87. The maximum absolute atomic E-state index is 11.6. The van der Waals surface area contributed by atoms with E-state index in [1.807, 2.05) is 23.5 Å². The van der Waals surface area contributed by atoms with Crippen LogP contribution in [-0.2, 0) is 16.0 Å². The smallest absolute Gasteiger partial charge is 0.340 e. The summed E-state index contributed by atoms with van der Waals surface area (Å²) in [6.07, 6.45) is 8.60. The van der Waals surface area contributed by atoms with Crippen molar-refractivity contribution in [1.29, 1.82) is 0 Å². The summed E-state index contributed by atoms with van der Waals surface area (Å²) in [6, 6.07) is 16.2. The Balaban J connectivity index is 0.000000225.